The standard InChI is InChI=1S/C4H3N5/c5-6-3-4-1-2-7-9-8-4/h1-3H. The average molecular weight is 121 g/mol. The second kappa shape index (κ2) is 2.64. The second-order valence-electron chi connectivity index (χ2n) is 1.29. The van der Waals surface area contributed by atoms with E-state index < -0.39 is 0 Å². The first-order valence-corrected chi connectivity index (χ1v) is 2.25. The minimum atomic E-state index is 0.479. The minimum Gasteiger partial charge on any atom is -0.361 e. The maximum absolute atomic E-state index is 8.00. The molecule has 44 valence electrons. The number of hydrogen-bond donors (Lipinski definition) is 0. The maximum Gasteiger partial charge on any atom is 0.307 e. The molecular weight excluding hydrogens is 118 g/mol. The first kappa shape index (κ1) is 5.53. The van der Waals surface area contributed by atoms with Gasteiger partial charge in [-0.15, -0.1) is 10.2 Å². The topological polar surface area (TPSA) is 75.1 Å². The summed E-state index contributed by atoms with van der Waals surface area (Å²) in [7, 11) is 0. The van der Waals surface area contributed by atoms with Gasteiger partial charge in [0.05, 0.1) is 6.20 Å². The Morgan fingerprint density at radius 2 is 2.56 bits per heavy atom. The van der Waals surface area contributed by atoms with Crippen molar-refractivity contribution in [1.29, 1.82) is 0 Å². The Labute approximate surface area is 51.0 Å². The number of rotatable bonds is 1. The van der Waals surface area contributed by atoms with E-state index in [2.05, 4.69) is 20.2 Å². The SMILES string of the molecule is [N-]=[N+]=Cc1ccnnn1. The fourth-order valence-electron chi connectivity index (χ4n) is 0.378. The zero-order chi connectivity index (χ0) is 6.53. The molecule has 0 atom stereocenters. The van der Waals surface area contributed by atoms with Gasteiger partial charge in [0.25, 0.3) is 0 Å². The molecule has 0 radical (unpaired) electrons. The highest BCUT2D eigenvalue weighted by molar-refractivity contribution is 5.71. The van der Waals surface area contributed by atoms with Crippen molar-refractivity contribution in [2.24, 2.45) is 0 Å². The van der Waals surface area contributed by atoms with Crippen LogP contribution in [0.15, 0.2) is 12.3 Å². The zero-order valence-corrected chi connectivity index (χ0v) is 4.47. The molecule has 0 bridgehead atoms. The summed E-state index contributed by atoms with van der Waals surface area (Å²) in [5.41, 5.74) is 8.48. The lowest BCUT2D eigenvalue weighted by atomic mass is 10.5. The molecule has 5 nitrogen and oxygen atoms in total. The highest BCUT2D eigenvalue weighted by Crippen LogP contribution is 1.78. The summed E-state index contributed by atoms with van der Waals surface area (Å²) < 4.78 is 0. The summed E-state index contributed by atoms with van der Waals surface area (Å²) in [5, 5.41) is 10.2. The molecule has 1 rings (SSSR count). The molecule has 0 fully saturated rings. The molecule has 0 saturated heterocycles. The monoisotopic (exact) mass is 121 g/mol. The molecule has 0 aliphatic carbocycles. The van der Waals surface area contributed by atoms with Crippen LogP contribution < -0.4 is 0 Å². The van der Waals surface area contributed by atoms with E-state index in [1.807, 2.05) is 0 Å². The summed E-state index contributed by atoms with van der Waals surface area (Å²) in [6, 6.07) is 1.58. The largest absolute Gasteiger partial charge is 0.361 e. The van der Waals surface area contributed by atoms with Crippen molar-refractivity contribution in [2.75, 3.05) is 0 Å². The van der Waals surface area contributed by atoms with Crippen LogP contribution in [-0.4, -0.2) is 26.4 Å². The van der Waals surface area contributed by atoms with Gasteiger partial charge in [-0.1, -0.05) is 0 Å². The third-order valence-electron chi connectivity index (χ3n) is 0.714. The van der Waals surface area contributed by atoms with Crippen molar-refractivity contribution in [3.63, 3.8) is 0 Å². The van der Waals surface area contributed by atoms with Crippen molar-refractivity contribution in [3.8, 4) is 0 Å². The molecule has 0 unspecified atom stereocenters. The van der Waals surface area contributed by atoms with Crippen LogP contribution in [0.5, 0.6) is 0 Å². The second-order valence-corrected chi connectivity index (χ2v) is 1.29. The lowest BCUT2D eigenvalue weighted by molar-refractivity contribution is 0.00419. The van der Waals surface area contributed by atoms with Crippen molar-refractivity contribution in [3.05, 3.63) is 23.5 Å². The van der Waals surface area contributed by atoms with Crippen LogP contribution in [0.2, 0.25) is 0 Å². The van der Waals surface area contributed by atoms with Crippen LogP contribution in [0.1, 0.15) is 5.69 Å². The molecule has 0 amide bonds. The van der Waals surface area contributed by atoms with Crippen LogP contribution in [-0.2, 0) is 0 Å². The van der Waals surface area contributed by atoms with Gasteiger partial charge in [-0.3, -0.25) is 0 Å². The van der Waals surface area contributed by atoms with Gasteiger partial charge in [0.1, 0.15) is 0 Å². The smallest absolute Gasteiger partial charge is 0.307 e. The van der Waals surface area contributed by atoms with E-state index in [1.165, 1.54) is 12.4 Å². The Morgan fingerprint density at radius 1 is 1.67 bits per heavy atom. The summed E-state index contributed by atoms with van der Waals surface area (Å²) in [6.45, 7) is 0. The van der Waals surface area contributed by atoms with E-state index in [1.54, 1.807) is 6.07 Å². The van der Waals surface area contributed by atoms with Gasteiger partial charge in [0.2, 0.25) is 0 Å². The van der Waals surface area contributed by atoms with Crippen molar-refractivity contribution in [2.45, 2.75) is 0 Å². The first-order chi connectivity index (χ1) is 4.43. The van der Waals surface area contributed by atoms with Gasteiger partial charge in [-0.25, -0.2) is 0 Å². The van der Waals surface area contributed by atoms with Gasteiger partial charge in [-0.05, 0) is 11.3 Å². The summed E-state index contributed by atoms with van der Waals surface area (Å²) in [6.07, 6.45) is 2.64. The summed E-state index contributed by atoms with van der Waals surface area (Å²) in [5.74, 6) is 0. The van der Waals surface area contributed by atoms with Crippen molar-refractivity contribution in [1.82, 2.24) is 15.4 Å². The molecule has 9 heavy (non-hydrogen) atoms. The van der Waals surface area contributed by atoms with Crippen LogP contribution >= 0.6 is 0 Å². The lowest BCUT2D eigenvalue weighted by Crippen LogP contribution is -1.91. The van der Waals surface area contributed by atoms with E-state index >= 15 is 0 Å². The molecule has 0 aliphatic heterocycles. The van der Waals surface area contributed by atoms with E-state index in [0.717, 1.165) is 0 Å². The molecule has 1 aromatic heterocycles. The quantitative estimate of drug-likeness (QED) is 0.286. The minimum absolute atomic E-state index is 0.479. The molecule has 5 heteroatoms. The molecule has 0 saturated carbocycles. The number of aromatic nitrogens is 3. The molecule has 0 aliphatic rings. The van der Waals surface area contributed by atoms with E-state index in [4.69, 9.17) is 5.53 Å². The molecule has 0 aromatic carbocycles. The number of nitrogens with zero attached hydrogens (tertiary/aromatic N) is 5. The normalized spacial score (nSPS) is 8.00. The predicted molar refractivity (Wildman–Crippen MR) is 28.6 cm³/mol. The summed E-state index contributed by atoms with van der Waals surface area (Å²) >= 11 is 0. The van der Waals surface area contributed by atoms with Crippen LogP contribution in [0.25, 0.3) is 5.53 Å². The Morgan fingerprint density at radius 3 is 3.11 bits per heavy atom. The highest BCUT2D eigenvalue weighted by Gasteiger charge is 1.89. The lowest BCUT2D eigenvalue weighted by Gasteiger charge is -1.77. The third-order valence-corrected chi connectivity index (χ3v) is 0.714. The van der Waals surface area contributed by atoms with Crippen LogP contribution in [0.4, 0.5) is 0 Å². The van der Waals surface area contributed by atoms with Crippen molar-refractivity contribution >= 4 is 6.21 Å². The molecule has 0 N–H and O–H groups in total. The predicted octanol–water partition coefficient (Wildman–Crippen LogP) is -0.480. The van der Waals surface area contributed by atoms with E-state index in [-0.39, 0.29) is 0 Å². The fraction of sp³-hybridized carbons (Fsp3) is 0. The number of hydrogen-bond acceptors (Lipinski definition) is 3. The Hall–Kier alpha value is -1.61. The zero-order valence-electron chi connectivity index (χ0n) is 4.47. The molecule has 1 heterocycles. The van der Waals surface area contributed by atoms with Gasteiger partial charge >= 0.3 is 6.21 Å². The molecular formula is C4H3N5. The maximum atomic E-state index is 8.00. The van der Waals surface area contributed by atoms with E-state index in [9.17, 15) is 0 Å². The molecule has 0 spiro atoms. The Balaban J connectivity index is 2.97. The Kier molecular flexibility index (Phi) is 1.62. The van der Waals surface area contributed by atoms with Gasteiger partial charge in [-0.2, -0.15) is 4.79 Å². The van der Waals surface area contributed by atoms with Gasteiger partial charge in [0, 0.05) is 0 Å². The Bertz CT molecular complexity index is 224. The highest BCUT2D eigenvalue weighted by atomic mass is 15.3. The average Bonchev–Trinajstić information content (AvgIpc) is 1.91. The van der Waals surface area contributed by atoms with Crippen LogP contribution in [0.3, 0.4) is 0 Å². The van der Waals surface area contributed by atoms with Crippen molar-refractivity contribution < 1.29 is 4.79 Å². The van der Waals surface area contributed by atoms with Gasteiger partial charge < -0.3 is 5.53 Å². The fourth-order valence-corrected chi connectivity index (χ4v) is 0.378. The third kappa shape index (κ3) is 1.40. The van der Waals surface area contributed by atoms with Gasteiger partial charge in [0.15, 0.2) is 5.69 Å². The van der Waals surface area contributed by atoms with E-state index in [0.29, 0.717) is 5.69 Å². The van der Waals surface area contributed by atoms with Crippen LogP contribution in [0, 0.1) is 0 Å². The first-order valence-electron chi connectivity index (χ1n) is 2.25. The summed E-state index contributed by atoms with van der Waals surface area (Å²) in [4.78, 5) is 2.75. The molecule has 1 aromatic rings.